The van der Waals surface area contributed by atoms with Crippen LogP contribution in [0.15, 0.2) is 27.7 Å². The minimum atomic E-state index is -0.000504. The van der Waals surface area contributed by atoms with Gasteiger partial charge in [-0.15, -0.1) is 0 Å². The number of amides is 1. The highest BCUT2D eigenvalue weighted by Crippen LogP contribution is 2.24. The molecule has 1 aliphatic rings. The van der Waals surface area contributed by atoms with Gasteiger partial charge in [0, 0.05) is 12.1 Å². The first-order chi connectivity index (χ1) is 9.54. The summed E-state index contributed by atoms with van der Waals surface area (Å²) < 4.78 is 5.57. The first-order valence-electron chi connectivity index (χ1n) is 7.31. The average Bonchev–Trinajstić information content (AvgIpc) is 2.93. The summed E-state index contributed by atoms with van der Waals surface area (Å²) in [5.74, 6) is 1.97. The molecule has 4 nitrogen and oxygen atoms in total. The predicted molar refractivity (Wildman–Crippen MR) is 79.1 cm³/mol. The highest BCUT2D eigenvalue weighted by Gasteiger charge is 2.33. The Morgan fingerprint density at radius 2 is 2.05 bits per heavy atom. The van der Waals surface area contributed by atoms with Gasteiger partial charge in [0.25, 0.3) is 5.91 Å². The van der Waals surface area contributed by atoms with Crippen molar-refractivity contribution in [1.29, 1.82) is 0 Å². The average molecular weight is 276 g/mol. The number of hydrogen-bond donors (Lipinski definition) is 1. The number of nitrogens with one attached hydrogen (secondary N) is 1. The molecule has 4 heteroatoms. The monoisotopic (exact) mass is 276 g/mol. The van der Waals surface area contributed by atoms with Crippen molar-refractivity contribution >= 4 is 5.91 Å². The van der Waals surface area contributed by atoms with Crippen LogP contribution in [-0.2, 0) is 11.3 Å². The Morgan fingerprint density at radius 1 is 1.30 bits per heavy atom. The molecule has 1 N–H and O–H groups in total. The summed E-state index contributed by atoms with van der Waals surface area (Å²) in [6, 6.07) is 3.93. The van der Waals surface area contributed by atoms with E-state index >= 15 is 0 Å². The summed E-state index contributed by atoms with van der Waals surface area (Å²) in [6.07, 6.45) is 2.12. The minimum Gasteiger partial charge on any atom is -0.465 e. The molecule has 0 saturated heterocycles. The molecule has 0 radical (unpaired) electrons. The van der Waals surface area contributed by atoms with E-state index < -0.39 is 0 Å². The van der Waals surface area contributed by atoms with E-state index in [9.17, 15) is 4.79 Å². The quantitative estimate of drug-likeness (QED) is 0.868. The summed E-state index contributed by atoms with van der Waals surface area (Å²) in [5.41, 5.74) is 1.99. The fraction of sp³-hybridized carbons (Fsp3) is 0.562. The molecule has 110 valence electrons. The Labute approximate surface area is 120 Å². The first kappa shape index (κ1) is 14.9. The summed E-state index contributed by atoms with van der Waals surface area (Å²) in [7, 11) is 0. The summed E-state index contributed by atoms with van der Waals surface area (Å²) >= 11 is 0. The number of carbonyl (C=O) groups is 1. The lowest BCUT2D eigenvalue weighted by Gasteiger charge is -2.27. The molecule has 1 amide bonds. The van der Waals surface area contributed by atoms with Crippen LogP contribution in [0.2, 0.25) is 0 Å². The molecule has 0 aromatic carbocycles. The van der Waals surface area contributed by atoms with Gasteiger partial charge in [0.15, 0.2) is 0 Å². The van der Waals surface area contributed by atoms with Gasteiger partial charge in [-0.2, -0.15) is 0 Å². The van der Waals surface area contributed by atoms with Crippen molar-refractivity contribution in [2.45, 2.75) is 53.2 Å². The van der Waals surface area contributed by atoms with Crippen LogP contribution in [0, 0.1) is 6.92 Å². The number of hydrogen-bond acceptors (Lipinski definition) is 3. The van der Waals surface area contributed by atoms with Gasteiger partial charge in [-0.1, -0.05) is 13.3 Å². The van der Waals surface area contributed by atoms with Crippen molar-refractivity contribution in [3.05, 3.63) is 34.8 Å². The summed E-state index contributed by atoms with van der Waals surface area (Å²) in [4.78, 5) is 14.2. The molecule has 1 aliphatic heterocycles. The van der Waals surface area contributed by atoms with Crippen LogP contribution in [0.5, 0.6) is 0 Å². The number of carbonyl (C=O) groups excluding carboxylic acids is 1. The Kier molecular flexibility index (Phi) is 4.65. The van der Waals surface area contributed by atoms with Gasteiger partial charge in [-0.25, -0.2) is 0 Å². The van der Waals surface area contributed by atoms with Crippen molar-refractivity contribution in [2.24, 2.45) is 0 Å². The van der Waals surface area contributed by atoms with E-state index in [4.69, 9.17) is 4.42 Å². The maximum Gasteiger partial charge on any atom is 0.251 e. The van der Waals surface area contributed by atoms with Gasteiger partial charge < -0.3 is 9.32 Å². The fourth-order valence-corrected chi connectivity index (χ4v) is 2.54. The number of aryl methyl sites for hydroxylation is 1. The first-order valence-corrected chi connectivity index (χ1v) is 7.31. The van der Waals surface area contributed by atoms with E-state index in [0.29, 0.717) is 6.54 Å². The second-order valence-electron chi connectivity index (χ2n) is 5.46. The van der Waals surface area contributed by atoms with Gasteiger partial charge in [-0.3, -0.25) is 10.1 Å². The maximum atomic E-state index is 12.3. The highest BCUT2D eigenvalue weighted by molar-refractivity contribution is 5.96. The number of unbranched alkanes of at least 4 members (excludes halogenated alkanes) is 1. The van der Waals surface area contributed by atoms with Crippen molar-refractivity contribution in [3.8, 4) is 0 Å². The zero-order valence-electron chi connectivity index (χ0n) is 12.8. The Morgan fingerprint density at radius 3 is 2.65 bits per heavy atom. The summed E-state index contributed by atoms with van der Waals surface area (Å²) in [5, 5.41) is 3.43. The van der Waals surface area contributed by atoms with Gasteiger partial charge in [0.05, 0.1) is 6.54 Å². The molecule has 2 rings (SSSR count). The topological polar surface area (TPSA) is 45.5 Å². The normalized spacial score (nSPS) is 19.3. The molecule has 0 fully saturated rings. The van der Waals surface area contributed by atoms with E-state index in [2.05, 4.69) is 12.2 Å². The Hall–Kier alpha value is -1.55. The van der Waals surface area contributed by atoms with Crippen LogP contribution in [0.25, 0.3) is 0 Å². The van der Waals surface area contributed by atoms with E-state index in [1.54, 1.807) is 0 Å². The van der Waals surface area contributed by atoms with Crippen molar-refractivity contribution in [3.63, 3.8) is 0 Å². The summed E-state index contributed by atoms with van der Waals surface area (Å²) in [6.45, 7) is 9.46. The molecule has 1 aromatic rings. The largest absolute Gasteiger partial charge is 0.465 e. The lowest BCUT2D eigenvalue weighted by molar-refractivity contribution is -0.127. The number of furan rings is 1. The van der Waals surface area contributed by atoms with E-state index in [1.165, 1.54) is 0 Å². The third kappa shape index (κ3) is 2.96. The van der Waals surface area contributed by atoms with Gasteiger partial charge >= 0.3 is 0 Å². The second-order valence-corrected chi connectivity index (χ2v) is 5.46. The fourth-order valence-electron chi connectivity index (χ4n) is 2.54. The number of nitrogens with zero attached hydrogens (tertiary/aromatic N) is 1. The zero-order chi connectivity index (χ0) is 14.7. The molecule has 1 aromatic heterocycles. The third-order valence-electron chi connectivity index (χ3n) is 3.91. The molecule has 0 saturated carbocycles. The molecule has 0 spiro atoms. The van der Waals surface area contributed by atoms with Gasteiger partial charge in [0.2, 0.25) is 0 Å². The van der Waals surface area contributed by atoms with Crippen LogP contribution < -0.4 is 5.32 Å². The molecule has 20 heavy (non-hydrogen) atoms. The second kappa shape index (κ2) is 6.27. The lowest BCUT2D eigenvalue weighted by Crippen LogP contribution is -2.45. The Bertz CT molecular complexity index is 516. The SMILES string of the molecule is CCCCN1C(=O)C(C)=C(C)[C@@H]1NCc1ccc(C)o1. The van der Waals surface area contributed by atoms with E-state index in [-0.39, 0.29) is 12.1 Å². The van der Waals surface area contributed by atoms with Gasteiger partial charge in [-0.05, 0) is 44.9 Å². The van der Waals surface area contributed by atoms with Crippen LogP contribution in [-0.4, -0.2) is 23.5 Å². The number of rotatable bonds is 6. The Balaban J connectivity index is 2.04. The predicted octanol–water partition coefficient (Wildman–Crippen LogP) is 2.98. The molecule has 0 aliphatic carbocycles. The highest BCUT2D eigenvalue weighted by atomic mass is 16.3. The van der Waals surface area contributed by atoms with Crippen LogP contribution in [0.1, 0.15) is 45.1 Å². The molecule has 2 heterocycles. The van der Waals surface area contributed by atoms with Crippen LogP contribution >= 0.6 is 0 Å². The molecule has 1 atom stereocenters. The zero-order valence-corrected chi connectivity index (χ0v) is 12.8. The van der Waals surface area contributed by atoms with Gasteiger partial charge in [0.1, 0.15) is 17.7 Å². The molecular weight excluding hydrogens is 252 g/mol. The smallest absolute Gasteiger partial charge is 0.251 e. The lowest BCUT2D eigenvalue weighted by atomic mass is 10.1. The van der Waals surface area contributed by atoms with Crippen molar-refractivity contribution in [1.82, 2.24) is 10.2 Å². The molecule has 0 unspecified atom stereocenters. The van der Waals surface area contributed by atoms with E-state index in [1.807, 2.05) is 37.8 Å². The maximum absolute atomic E-state index is 12.3. The molecular formula is C16H24N2O2. The van der Waals surface area contributed by atoms with Crippen molar-refractivity contribution < 1.29 is 9.21 Å². The molecule has 0 bridgehead atoms. The minimum absolute atomic E-state index is 0.000504. The standard InChI is InChI=1S/C16H24N2O2/c1-5-6-9-18-15(12(3)13(4)16(18)19)17-10-14-8-7-11(2)20-14/h7-8,15,17H,5-6,9-10H2,1-4H3/t15-/m1/s1. The third-order valence-corrected chi connectivity index (χ3v) is 3.91. The van der Waals surface area contributed by atoms with E-state index in [0.717, 1.165) is 42.1 Å². The van der Waals surface area contributed by atoms with Crippen molar-refractivity contribution in [2.75, 3.05) is 6.54 Å². The van der Waals surface area contributed by atoms with Crippen LogP contribution in [0.4, 0.5) is 0 Å². The van der Waals surface area contributed by atoms with Crippen LogP contribution in [0.3, 0.4) is 0 Å².